The Morgan fingerprint density at radius 1 is 0.878 bits per heavy atom. The van der Waals surface area contributed by atoms with Crippen LogP contribution in [0.1, 0.15) is 18.1 Å². The van der Waals surface area contributed by atoms with Gasteiger partial charge in [-0.05, 0) is 42.8 Å². The summed E-state index contributed by atoms with van der Waals surface area (Å²) in [4.78, 5) is 6.75. The molecule has 10 heteroatoms. The van der Waals surface area contributed by atoms with Crippen molar-refractivity contribution in [2.75, 3.05) is 61.1 Å². The van der Waals surface area contributed by atoms with Crippen LogP contribution in [-0.4, -0.2) is 67.1 Å². The van der Waals surface area contributed by atoms with E-state index in [1.54, 1.807) is 6.07 Å². The molecule has 1 atom stereocenters. The third kappa shape index (κ3) is 6.08. The lowest BCUT2D eigenvalue weighted by Crippen LogP contribution is -2.46. The number of rotatable bonds is 6. The molecule has 0 bridgehead atoms. The number of ether oxygens (including phenoxy) is 1. The van der Waals surface area contributed by atoms with Gasteiger partial charge in [0.25, 0.3) is 0 Å². The summed E-state index contributed by atoms with van der Waals surface area (Å²) in [5.74, 6) is 1.52. The van der Waals surface area contributed by atoms with Crippen molar-refractivity contribution in [2.24, 2.45) is 0 Å². The average Bonchev–Trinajstić information content (AvgIpc) is 2.98. The molecule has 214 valence electrons. The van der Waals surface area contributed by atoms with E-state index in [9.17, 15) is 13.2 Å². The molecule has 7 nitrogen and oxygen atoms in total. The van der Waals surface area contributed by atoms with Crippen molar-refractivity contribution in [2.45, 2.75) is 25.7 Å². The number of hydrogen-bond donors (Lipinski definition) is 1. The van der Waals surface area contributed by atoms with Crippen molar-refractivity contribution in [3.63, 3.8) is 0 Å². The van der Waals surface area contributed by atoms with Crippen LogP contribution in [0.25, 0.3) is 10.8 Å². The molecule has 2 fully saturated rings. The van der Waals surface area contributed by atoms with Gasteiger partial charge in [0.1, 0.15) is 0 Å². The predicted molar refractivity (Wildman–Crippen MR) is 156 cm³/mol. The summed E-state index contributed by atoms with van der Waals surface area (Å²) < 4.78 is 44.9. The van der Waals surface area contributed by atoms with E-state index < -0.39 is 11.7 Å². The molecule has 4 aromatic rings. The Balaban J connectivity index is 1.14. The molecule has 3 heterocycles. The van der Waals surface area contributed by atoms with Gasteiger partial charge in [-0.15, -0.1) is 10.2 Å². The van der Waals surface area contributed by atoms with Crippen LogP contribution >= 0.6 is 0 Å². The molecule has 41 heavy (non-hydrogen) atoms. The minimum absolute atomic E-state index is 0.340. The molecule has 3 aromatic carbocycles. The maximum absolute atomic E-state index is 13.1. The molecule has 2 aliphatic heterocycles. The monoisotopic (exact) mass is 562 g/mol. The highest BCUT2D eigenvalue weighted by molar-refractivity contribution is 5.99. The van der Waals surface area contributed by atoms with Crippen molar-refractivity contribution in [1.82, 2.24) is 15.1 Å². The van der Waals surface area contributed by atoms with Crippen molar-refractivity contribution < 1.29 is 17.9 Å². The first-order chi connectivity index (χ1) is 19.8. The van der Waals surface area contributed by atoms with E-state index in [0.717, 1.165) is 61.2 Å². The Morgan fingerprint density at radius 3 is 2.37 bits per heavy atom. The minimum atomic E-state index is -4.33. The fourth-order valence-corrected chi connectivity index (χ4v) is 5.62. The van der Waals surface area contributed by atoms with Crippen molar-refractivity contribution in [3.8, 4) is 0 Å². The number of benzene rings is 3. The fraction of sp³-hybridized carbons (Fsp3) is 0.355. The standard InChI is InChI=1S/C31H33F3N6O/c1-22-21-41-18-17-40(22)26-11-9-25(10-12-26)35-29-27-7-2-3-8-28(27)30(37-36-29)39-15-13-38(14-16-39)20-23-5-4-6-24(19-23)31(32,33)34/h2-12,19,22H,13-18,20-21H2,1H3,(H,35,36). The molecule has 0 spiro atoms. The zero-order valence-corrected chi connectivity index (χ0v) is 22.9. The van der Waals surface area contributed by atoms with Gasteiger partial charge in [-0.2, -0.15) is 13.2 Å². The predicted octanol–water partition coefficient (Wildman–Crippen LogP) is 5.94. The summed E-state index contributed by atoms with van der Waals surface area (Å²) in [7, 11) is 0. The second-order valence-electron chi connectivity index (χ2n) is 10.7. The van der Waals surface area contributed by atoms with Gasteiger partial charge in [0.15, 0.2) is 11.6 Å². The molecular weight excluding hydrogens is 529 g/mol. The Hall–Kier alpha value is -3.89. The summed E-state index contributed by atoms with van der Waals surface area (Å²) >= 11 is 0. The topological polar surface area (TPSA) is 56.8 Å². The van der Waals surface area contributed by atoms with Gasteiger partial charge < -0.3 is 19.9 Å². The first kappa shape index (κ1) is 27.3. The second-order valence-corrected chi connectivity index (χ2v) is 10.7. The van der Waals surface area contributed by atoms with Gasteiger partial charge in [-0.1, -0.05) is 42.5 Å². The molecule has 0 radical (unpaired) electrons. The van der Waals surface area contributed by atoms with E-state index in [2.05, 4.69) is 67.5 Å². The van der Waals surface area contributed by atoms with Crippen LogP contribution in [0.15, 0.2) is 72.8 Å². The summed E-state index contributed by atoms with van der Waals surface area (Å²) in [6, 6.07) is 22.4. The second kappa shape index (κ2) is 11.5. The first-order valence-corrected chi connectivity index (χ1v) is 14.0. The summed E-state index contributed by atoms with van der Waals surface area (Å²) in [6.07, 6.45) is -4.33. The molecule has 6 rings (SSSR count). The number of piperazine rings is 1. The summed E-state index contributed by atoms with van der Waals surface area (Å²) in [5, 5.41) is 14.6. The Bertz CT molecular complexity index is 1490. The van der Waals surface area contributed by atoms with Crippen molar-refractivity contribution in [3.05, 3.63) is 83.9 Å². The normalized spacial score (nSPS) is 18.6. The van der Waals surface area contributed by atoms with Gasteiger partial charge >= 0.3 is 6.18 Å². The van der Waals surface area contributed by atoms with Crippen LogP contribution in [-0.2, 0) is 17.5 Å². The largest absolute Gasteiger partial charge is 0.416 e. The smallest absolute Gasteiger partial charge is 0.377 e. The maximum Gasteiger partial charge on any atom is 0.416 e. The fourth-order valence-electron chi connectivity index (χ4n) is 5.62. The summed E-state index contributed by atoms with van der Waals surface area (Å²) in [6.45, 7) is 7.88. The quantitative estimate of drug-likeness (QED) is 0.312. The van der Waals surface area contributed by atoms with Gasteiger partial charge in [-0.25, -0.2) is 0 Å². The average molecular weight is 563 g/mol. The minimum Gasteiger partial charge on any atom is -0.377 e. The number of halogens is 3. The zero-order chi connectivity index (χ0) is 28.4. The van der Waals surface area contributed by atoms with Gasteiger partial charge in [0.2, 0.25) is 0 Å². The van der Waals surface area contributed by atoms with Crippen LogP contribution in [0.5, 0.6) is 0 Å². The van der Waals surface area contributed by atoms with Crippen LogP contribution in [0.4, 0.5) is 36.2 Å². The highest BCUT2D eigenvalue weighted by Gasteiger charge is 2.30. The van der Waals surface area contributed by atoms with Crippen molar-refractivity contribution >= 4 is 33.8 Å². The van der Waals surface area contributed by atoms with E-state index in [4.69, 9.17) is 4.74 Å². The highest BCUT2D eigenvalue weighted by atomic mass is 19.4. The number of hydrogen-bond acceptors (Lipinski definition) is 7. The number of anilines is 4. The highest BCUT2D eigenvalue weighted by Crippen LogP contribution is 2.32. The Kier molecular flexibility index (Phi) is 7.68. The van der Waals surface area contributed by atoms with Crippen LogP contribution in [0.2, 0.25) is 0 Å². The number of morpholine rings is 1. The van der Waals surface area contributed by atoms with Crippen LogP contribution in [0.3, 0.4) is 0 Å². The van der Waals surface area contributed by atoms with Crippen LogP contribution in [0, 0.1) is 0 Å². The van der Waals surface area contributed by atoms with E-state index in [1.807, 2.05) is 18.2 Å². The van der Waals surface area contributed by atoms with Crippen LogP contribution < -0.4 is 15.1 Å². The van der Waals surface area contributed by atoms with Crippen molar-refractivity contribution in [1.29, 1.82) is 0 Å². The number of fused-ring (bicyclic) bond motifs is 1. The Labute approximate surface area is 237 Å². The lowest BCUT2D eigenvalue weighted by molar-refractivity contribution is -0.137. The number of alkyl halides is 3. The first-order valence-electron chi connectivity index (χ1n) is 14.0. The van der Waals surface area contributed by atoms with E-state index in [0.29, 0.717) is 37.1 Å². The molecule has 0 saturated carbocycles. The molecule has 1 unspecified atom stereocenters. The number of nitrogens with one attached hydrogen (secondary N) is 1. The van der Waals surface area contributed by atoms with E-state index >= 15 is 0 Å². The van der Waals surface area contributed by atoms with E-state index in [-0.39, 0.29) is 0 Å². The van der Waals surface area contributed by atoms with Gasteiger partial charge in [0.05, 0.1) is 18.8 Å². The maximum atomic E-state index is 13.1. The molecule has 1 N–H and O–H groups in total. The molecular formula is C31H33F3N6O. The third-order valence-corrected chi connectivity index (χ3v) is 7.83. The SMILES string of the molecule is CC1COCCN1c1ccc(Nc2nnc(N3CCN(Cc4cccc(C(F)(F)F)c4)CC3)c3ccccc23)cc1. The summed E-state index contributed by atoms with van der Waals surface area (Å²) in [5.41, 5.74) is 2.17. The lowest BCUT2D eigenvalue weighted by atomic mass is 10.1. The van der Waals surface area contributed by atoms with E-state index in [1.165, 1.54) is 17.8 Å². The molecule has 1 aromatic heterocycles. The third-order valence-electron chi connectivity index (χ3n) is 7.83. The molecule has 0 aliphatic carbocycles. The zero-order valence-electron chi connectivity index (χ0n) is 22.9. The molecule has 2 saturated heterocycles. The Morgan fingerprint density at radius 2 is 1.63 bits per heavy atom. The number of aromatic nitrogens is 2. The lowest BCUT2D eigenvalue weighted by Gasteiger charge is -2.35. The molecule has 0 amide bonds. The van der Waals surface area contributed by atoms with Gasteiger partial charge in [0, 0.05) is 67.5 Å². The number of nitrogens with zero attached hydrogens (tertiary/aromatic N) is 5. The van der Waals surface area contributed by atoms with Gasteiger partial charge in [-0.3, -0.25) is 4.90 Å². The molecule has 2 aliphatic rings.